The van der Waals surface area contributed by atoms with Crippen molar-refractivity contribution in [2.45, 2.75) is 13.5 Å². The van der Waals surface area contributed by atoms with E-state index in [1.165, 1.54) is 6.20 Å². The third-order valence-electron chi connectivity index (χ3n) is 1.77. The van der Waals surface area contributed by atoms with Crippen molar-refractivity contribution in [2.75, 3.05) is 0 Å². The van der Waals surface area contributed by atoms with E-state index in [1.54, 1.807) is 13.0 Å². The Hall–Kier alpha value is -1.71. The first-order valence-electron chi connectivity index (χ1n) is 4.15. The first-order chi connectivity index (χ1) is 6.65. The average molecular weight is 194 g/mol. The van der Waals surface area contributed by atoms with Gasteiger partial charge in [0.1, 0.15) is 5.82 Å². The average Bonchev–Trinajstić information content (AvgIpc) is 2.20. The zero-order chi connectivity index (χ0) is 10.6. The molecule has 1 aromatic heterocycles. The maximum atomic E-state index is 13.3. The number of aromatic nitrogens is 1. The van der Waals surface area contributed by atoms with Crippen LogP contribution in [0.2, 0.25) is 0 Å². The summed E-state index contributed by atoms with van der Waals surface area (Å²) in [5.74, 6) is -0.718. The van der Waals surface area contributed by atoms with Crippen LogP contribution >= 0.6 is 0 Å². The van der Waals surface area contributed by atoms with Crippen LogP contribution in [-0.4, -0.2) is 10.9 Å². The highest BCUT2D eigenvalue weighted by atomic mass is 19.1. The minimum Gasteiger partial charge on any atom is -0.347 e. The lowest BCUT2D eigenvalue weighted by Crippen LogP contribution is -2.21. The number of carbonyl (C=O) groups is 1. The van der Waals surface area contributed by atoms with Gasteiger partial charge in [0, 0.05) is 6.20 Å². The maximum absolute atomic E-state index is 13.3. The van der Waals surface area contributed by atoms with Crippen molar-refractivity contribution in [1.82, 2.24) is 10.3 Å². The molecule has 0 aromatic carbocycles. The molecule has 0 fully saturated rings. The number of nitrogens with one attached hydrogen (secondary N) is 1. The Balaban J connectivity index is 2.72. The van der Waals surface area contributed by atoms with E-state index < -0.39 is 0 Å². The van der Waals surface area contributed by atoms with Gasteiger partial charge in [0.25, 0.3) is 0 Å². The maximum Gasteiger partial charge on any atom is 0.243 e. The van der Waals surface area contributed by atoms with Crippen LogP contribution in [0.1, 0.15) is 11.3 Å². The summed E-state index contributed by atoms with van der Waals surface area (Å²) in [6, 6.07) is 1.58. The molecule has 0 saturated carbocycles. The van der Waals surface area contributed by atoms with Gasteiger partial charge < -0.3 is 5.32 Å². The fraction of sp³-hybridized carbons (Fsp3) is 0.200. The van der Waals surface area contributed by atoms with Crippen LogP contribution in [0, 0.1) is 12.7 Å². The van der Waals surface area contributed by atoms with Crippen LogP contribution in [0.25, 0.3) is 0 Å². The molecule has 0 atom stereocenters. The van der Waals surface area contributed by atoms with E-state index in [0.717, 1.165) is 6.08 Å². The molecule has 1 N–H and O–H groups in total. The summed E-state index contributed by atoms with van der Waals surface area (Å²) in [7, 11) is 0. The van der Waals surface area contributed by atoms with Crippen molar-refractivity contribution in [3.63, 3.8) is 0 Å². The van der Waals surface area contributed by atoms with Gasteiger partial charge in [-0.1, -0.05) is 6.58 Å². The fourth-order valence-electron chi connectivity index (χ4n) is 0.963. The van der Waals surface area contributed by atoms with E-state index in [2.05, 4.69) is 16.9 Å². The number of nitrogens with zero attached hydrogens (tertiary/aromatic N) is 1. The second-order valence-corrected chi connectivity index (χ2v) is 2.81. The summed E-state index contributed by atoms with van der Waals surface area (Å²) in [5, 5.41) is 2.46. The van der Waals surface area contributed by atoms with Crippen molar-refractivity contribution in [1.29, 1.82) is 0 Å². The van der Waals surface area contributed by atoms with Gasteiger partial charge >= 0.3 is 0 Å². The number of hydrogen-bond acceptors (Lipinski definition) is 2. The number of rotatable bonds is 3. The van der Waals surface area contributed by atoms with E-state index in [1.807, 2.05) is 0 Å². The zero-order valence-electron chi connectivity index (χ0n) is 7.88. The predicted molar refractivity (Wildman–Crippen MR) is 51.0 cm³/mol. The summed E-state index contributed by atoms with van der Waals surface area (Å²) in [5.41, 5.74) is 0.753. The van der Waals surface area contributed by atoms with Crippen LogP contribution in [0.5, 0.6) is 0 Å². The summed E-state index contributed by atoms with van der Waals surface area (Å²) < 4.78 is 13.3. The molecule has 0 bridgehead atoms. The Labute approximate surface area is 81.7 Å². The number of amides is 1. The third kappa shape index (κ3) is 2.39. The Morgan fingerprint density at radius 3 is 3.14 bits per heavy atom. The first-order valence-corrected chi connectivity index (χ1v) is 4.15. The molecular formula is C10H11FN2O. The Bertz CT molecular complexity index is 363. The summed E-state index contributed by atoms with van der Waals surface area (Å²) in [4.78, 5) is 14.6. The van der Waals surface area contributed by atoms with Gasteiger partial charge in [0.2, 0.25) is 5.91 Å². The summed E-state index contributed by atoms with van der Waals surface area (Å²) in [6.07, 6.45) is 2.64. The number of aryl methyl sites for hydroxylation is 1. The Morgan fingerprint density at radius 2 is 2.50 bits per heavy atom. The van der Waals surface area contributed by atoms with E-state index in [4.69, 9.17) is 0 Å². The van der Waals surface area contributed by atoms with Crippen molar-refractivity contribution in [3.8, 4) is 0 Å². The van der Waals surface area contributed by atoms with E-state index in [-0.39, 0.29) is 24.0 Å². The lowest BCUT2D eigenvalue weighted by Gasteiger charge is -2.04. The molecule has 1 aromatic rings. The monoisotopic (exact) mass is 194 g/mol. The minimum atomic E-state index is -0.378. The molecular weight excluding hydrogens is 183 g/mol. The van der Waals surface area contributed by atoms with Crippen molar-refractivity contribution >= 4 is 5.91 Å². The van der Waals surface area contributed by atoms with Gasteiger partial charge in [0.05, 0.1) is 12.2 Å². The quantitative estimate of drug-likeness (QED) is 0.737. The highest BCUT2D eigenvalue weighted by Gasteiger charge is 2.06. The molecule has 0 spiro atoms. The molecule has 14 heavy (non-hydrogen) atoms. The smallest absolute Gasteiger partial charge is 0.243 e. The molecule has 0 aliphatic heterocycles. The Kier molecular flexibility index (Phi) is 3.34. The van der Waals surface area contributed by atoms with Gasteiger partial charge in [-0.15, -0.1) is 0 Å². The summed E-state index contributed by atoms with van der Waals surface area (Å²) >= 11 is 0. The molecule has 3 nitrogen and oxygen atoms in total. The van der Waals surface area contributed by atoms with Gasteiger partial charge in [-0.05, 0) is 24.6 Å². The molecule has 74 valence electrons. The van der Waals surface area contributed by atoms with Crippen molar-refractivity contribution < 1.29 is 9.18 Å². The second-order valence-electron chi connectivity index (χ2n) is 2.81. The SMILES string of the molecule is C=CC(=O)NCc1nccc(C)c1F. The molecule has 0 unspecified atom stereocenters. The molecule has 1 amide bonds. The number of halogens is 1. The number of pyridine rings is 1. The highest BCUT2D eigenvalue weighted by Crippen LogP contribution is 2.08. The second kappa shape index (κ2) is 4.50. The predicted octanol–water partition coefficient (Wildman–Crippen LogP) is 1.33. The largest absolute Gasteiger partial charge is 0.347 e. The fourth-order valence-corrected chi connectivity index (χ4v) is 0.963. The van der Waals surface area contributed by atoms with Gasteiger partial charge in [-0.2, -0.15) is 0 Å². The van der Waals surface area contributed by atoms with Crippen LogP contribution < -0.4 is 5.32 Å². The van der Waals surface area contributed by atoms with E-state index >= 15 is 0 Å². The molecule has 0 radical (unpaired) electrons. The van der Waals surface area contributed by atoms with E-state index in [0.29, 0.717) is 5.56 Å². The van der Waals surface area contributed by atoms with Gasteiger partial charge in [0.15, 0.2) is 0 Å². The number of hydrogen-bond donors (Lipinski definition) is 1. The van der Waals surface area contributed by atoms with Gasteiger partial charge in [-0.3, -0.25) is 9.78 Å². The normalized spacial score (nSPS) is 9.57. The molecule has 0 saturated heterocycles. The Morgan fingerprint density at radius 1 is 1.79 bits per heavy atom. The van der Waals surface area contributed by atoms with Crippen molar-refractivity contribution in [3.05, 3.63) is 42.0 Å². The highest BCUT2D eigenvalue weighted by molar-refractivity contribution is 5.86. The third-order valence-corrected chi connectivity index (χ3v) is 1.77. The molecule has 0 aliphatic carbocycles. The lowest BCUT2D eigenvalue weighted by molar-refractivity contribution is -0.116. The zero-order valence-corrected chi connectivity index (χ0v) is 7.88. The van der Waals surface area contributed by atoms with Crippen LogP contribution in [0.15, 0.2) is 24.9 Å². The van der Waals surface area contributed by atoms with Crippen LogP contribution in [0.4, 0.5) is 4.39 Å². The molecule has 0 aliphatic rings. The molecule has 1 heterocycles. The van der Waals surface area contributed by atoms with E-state index in [9.17, 15) is 9.18 Å². The molecule has 4 heteroatoms. The van der Waals surface area contributed by atoms with Crippen molar-refractivity contribution in [2.24, 2.45) is 0 Å². The number of carbonyl (C=O) groups excluding carboxylic acids is 1. The topological polar surface area (TPSA) is 42.0 Å². The van der Waals surface area contributed by atoms with Crippen LogP contribution in [-0.2, 0) is 11.3 Å². The lowest BCUT2D eigenvalue weighted by atomic mass is 10.2. The van der Waals surface area contributed by atoms with Gasteiger partial charge in [-0.25, -0.2) is 4.39 Å². The standard InChI is InChI=1S/C10H11FN2O/c1-3-9(14)13-6-8-10(11)7(2)4-5-12-8/h3-5H,1,6H2,2H3,(H,13,14). The van der Waals surface area contributed by atoms with Crippen LogP contribution in [0.3, 0.4) is 0 Å². The minimum absolute atomic E-state index is 0.0817. The molecule has 1 rings (SSSR count). The summed E-state index contributed by atoms with van der Waals surface area (Å²) in [6.45, 7) is 5.02. The first kappa shape index (κ1) is 10.4.